The summed E-state index contributed by atoms with van der Waals surface area (Å²) in [6.07, 6.45) is 3.32. The topological polar surface area (TPSA) is 101 Å². The van der Waals surface area contributed by atoms with Gasteiger partial charge in [-0.05, 0) is 42.5 Å². The summed E-state index contributed by atoms with van der Waals surface area (Å²) in [4.78, 5) is 20.3. The van der Waals surface area contributed by atoms with E-state index in [1.807, 2.05) is 48.5 Å². The second kappa shape index (κ2) is 9.15. The molecule has 0 spiro atoms. The van der Waals surface area contributed by atoms with Crippen LogP contribution >= 0.6 is 0 Å². The van der Waals surface area contributed by atoms with Crippen LogP contribution in [0.4, 0.5) is 26.4 Å². The molecule has 0 saturated carbocycles. The molecule has 0 saturated heterocycles. The summed E-state index contributed by atoms with van der Waals surface area (Å²) in [5, 5.41) is 7.76. The highest BCUT2D eigenvalue weighted by atomic mass is 19.2. The van der Waals surface area contributed by atoms with Gasteiger partial charge in [-0.15, -0.1) is 0 Å². The average molecular weight is 495 g/mol. The van der Waals surface area contributed by atoms with E-state index in [4.69, 9.17) is 4.74 Å². The SMILES string of the molecule is CNc1nccc(-c2cccnc2Oc2ccc(Nc3nc4c(F)c(F)ccc4[nH]3)c3ccccc23)n1. The summed E-state index contributed by atoms with van der Waals surface area (Å²) in [6, 6.07) is 19.3. The number of imidazole rings is 1. The molecule has 10 heteroatoms. The number of fused-ring (bicyclic) bond motifs is 2. The first-order valence-corrected chi connectivity index (χ1v) is 11.4. The minimum absolute atomic E-state index is 0.0689. The molecular formula is C27H19F2N7O. The number of rotatable bonds is 6. The predicted molar refractivity (Wildman–Crippen MR) is 138 cm³/mol. The number of nitrogens with one attached hydrogen (secondary N) is 3. The Hall–Kier alpha value is -5.12. The van der Waals surface area contributed by atoms with Crippen molar-refractivity contribution in [1.29, 1.82) is 0 Å². The summed E-state index contributed by atoms with van der Waals surface area (Å²) >= 11 is 0. The quantitative estimate of drug-likeness (QED) is 0.245. The van der Waals surface area contributed by atoms with Crippen molar-refractivity contribution in [2.75, 3.05) is 17.7 Å². The lowest BCUT2D eigenvalue weighted by Crippen LogP contribution is -1.99. The lowest BCUT2D eigenvalue weighted by atomic mass is 10.1. The largest absolute Gasteiger partial charge is 0.438 e. The lowest BCUT2D eigenvalue weighted by molar-refractivity contribution is 0.470. The number of nitrogens with zero attached hydrogens (tertiary/aromatic N) is 4. The van der Waals surface area contributed by atoms with E-state index >= 15 is 0 Å². The van der Waals surface area contributed by atoms with E-state index in [2.05, 4.69) is 35.6 Å². The van der Waals surface area contributed by atoms with Crippen LogP contribution in [0.15, 0.2) is 79.1 Å². The molecule has 6 rings (SSSR count). The first-order chi connectivity index (χ1) is 18.1. The molecular weight excluding hydrogens is 476 g/mol. The molecule has 182 valence electrons. The summed E-state index contributed by atoms with van der Waals surface area (Å²) in [6.45, 7) is 0. The van der Waals surface area contributed by atoms with Gasteiger partial charge >= 0.3 is 0 Å². The number of benzene rings is 3. The van der Waals surface area contributed by atoms with E-state index in [1.54, 1.807) is 25.5 Å². The third-order valence-corrected chi connectivity index (χ3v) is 5.82. The number of aromatic amines is 1. The Morgan fingerprint density at radius 1 is 0.838 bits per heavy atom. The molecule has 0 unspecified atom stereocenters. The number of aromatic nitrogens is 5. The van der Waals surface area contributed by atoms with E-state index < -0.39 is 11.6 Å². The first-order valence-electron chi connectivity index (χ1n) is 11.4. The van der Waals surface area contributed by atoms with E-state index in [1.165, 1.54) is 6.07 Å². The van der Waals surface area contributed by atoms with Gasteiger partial charge in [0, 0.05) is 35.9 Å². The molecule has 0 fully saturated rings. The Balaban J connectivity index is 1.37. The summed E-state index contributed by atoms with van der Waals surface area (Å²) < 4.78 is 34.1. The molecule has 6 aromatic rings. The van der Waals surface area contributed by atoms with Crippen molar-refractivity contribution >= 4 is 39.4 Å². The fourth-order valence-corrected chi connectivity index (χ4v) is 4.07. The number of ether oxygens (including phenoxy) is 1. The smallest absolute Gasteiger partial charge is 0.228 e. The zero-order valence-corrected chi connectivity index (χ0v) is 19.5. The standard InChI is InChI=1S/C27H19F2N7O/c1-30-26-32-14-12-20(33-26)17-7-4-13-31-25(17)37-22-11-10-19(15-5-2-3-6-16(15)22)34-27-35-21-9-8-18(28)23(29)24(21)36-27/h2-14H,1H3,(H,30,32,33)(H2,34,35,36). The Morgan fingerprint density at radius 3 is 2.57 bits per heavy atom. The maximum absolute atomic E-state index is 14.1. The number of hydrogen-bond acceptors (Lipinski definition) is 7. The summed E-state index contributed by atoms with van der Waals surface area (Å²) in [5.74, 6) is -0.191. The zero-order valence-electron chi connectivity index (χ0n) is 19.5. The van der Waals surface area contributed by atoms with Gasteiger partial charge in [0.25, 0.3) is 0 Å². The van der Waals surface area contributed by atoms with Gasteiger partial charge < -0.3 is 20.4 Å². The van der Waals surface area contributed by atoms with Gasteiger partial charge in [-0.1, -0.05) is 24.3 Å². The maximum Gasteiger partial charge on any atom is 0.228 e. The van der Waals surface area contributed by atoms with Crippen LogP contribution in [-0.4, -0.2) is 32.0 Å². The zero-order chi connectivity index (χ0) is 25.4. The highest BCUT2D eigenvalue weighted by Crippen LogP contribution is 2.37. The minimum Gasteiger partial charge on any atom is -0.438 e. The highest BCUT2D eigenvalue weighted by molar-refractivity contribution is 5.99. The van der Waals surface area contributed by atoms with Crippen molar-refractivity contribution in [1.82, 2.24) is 24.9 Å². The van der Waals surface area contributed by atoms with Crippen LogP contribution in [-0.2, 0) is 0 Å². The van der Waals surface area contributed by atoms with Crippen molar-refractivity contribution < 1.29 is 13.5 Å². The summed E-state index contributed by atoms with van der Waals surface area (Å²) in [5.41, 5.74) is 2.40. The van der Waals surface area contributed by atoms with Crippen molar-refractivity contribution in [2.45, 2.75) is 0 Å². The third-order valence-electron chi connectivity index (χ3n) is 5.82. The number of anilines is 3. The Bertz CT molecular complexity index is 1770. The molecule has 3 N–H and O–H groups in total. The van der Waals surface area contributed by atoms with Crippen LogP contribution in [0.25, 0.3) is 33.1 Å². The Labute approximate surface area is 209 Å². The number of halogens is 2. The molecule has 3 aromatic carbocycles. The van der Waals surface area contributed by atoms with Crippen LogP contribution < -0.4 is 15.4 Å². The number of H-pyrrole nitrogens is 1. The predicted octanol–water partition coefficient (Wildman–Crippen LogP) is 6.42. The van der Waals surface area contributed by atoms with Crippen LogP contribution in [0.1, 0.15) is 0 Å². The highest BCUT2D eigenvalue weighted by Gasteiger charge is 2.16. The normalized spacial score (nSPS) is 11.1. The molecule has 0 bridgehead atoms. The third kappa shape index (κ3) is 4.14. The van der Waals surface area contributed by atoms with Crippen molar-refractivity contribution in [2.24, 2.45) is 0 Å². The molecule has 0 radical (unpaired) electrons. The molecule has 37 heavy (non-hydrogen) atoms. The lowest BCUT2D eigenvalue weighted by Gasteiger charge is -2.14. The summed E-state index contributed by atoms with van der Waals surface area (Å²) in [7, 11) is 1.75. The molecule has 8 nitrogen and oxygen atoms in total. The van der Waals surface area contributed by atoms with Gasteiger partial charge in [-0.25, -0.2) is 28.7 Å². The first kappa shape index (κ1) is 22.4. The van der Waals surface area contributed by atoms with E-state index in [0.29, 0.717) is 40.0 Å². The second-order valence-corrected chi connectivity index (χ2v) is 8.10. The fraction of sp³-hybridized carbons (Fsp3) is 0.0370. The molecule has 3 aromatic heterocycles. The monoisotopic (exact) mass is 495 g/mol. The maximum atomic E-state index is 14.1. The molecule has 3 heterocycles. The average Bonchev–Trinajstić information content (AvgIpc) is 3.36. The second-order valence-electron chi connectivity index (χ2n) is 8.10. The van der Waals surface area contributed by atoms with Gasteiger partial charge in [-0.2, -0.15) is 0 Å². The van der Waals surface area contributed by atoms with Gasteiger partial charge in [0.15, 0.2) is 11.6 Å². The molecule has 0 amide bonds. The Kier molecular flexibility index (Phi) is 5.53. The van der Waals surface area contributed by atoms with Gasteiger partial charge in [0.1, 0.15) is 11.3 Å². The Morgan fingerprint density at radius 2 is 1.70 bits per heavy atom. The van der Waals surface area contributed by atoms with E-state index in [0.717, 1.165) is 16.8 Å². The van der Waals surface area contributed by atoms with Gasteiger partial charge in [0.2, 0.25) is 17.8 Å². The van der Waals surface area contributed by atoms with Crippen LogP contribution in [0.2, 0.25) is 0 Å². The van der Waals surface area contributed by atoms with Gasteiger partial charge in [0.05, 0.1) is 16.8 Å². The van der Waals surface area contributed by atoms with Gasteiger partial charge in [-0.3, -0.25) is 0 Å². The molecule has 0 atom stereocenters. The molecule has 0 aliphatic rings. The number of pyridine rings is 1. The van der Waals surface area contributed by atoms with Crippen molar-refractivity contribution in [3.05, 3.63) is 90.8 Å². The van der Waals surface area contributed by atoms with Crippen molar-refractivity contribution in [3.8, 4) is 22.9 Å². The van der Waals surface area contributed by atoms with Crippen LogP contribution in [0, 0.1) is 11.6 Å². The minimum atomic E-state index is -0.993. The number of hydrogen-bond donors (Lipinski definition) is 3. The molecule has 0 aliphatic heterocycles. The van der Waals surface area contributed by atoms with Crippen LogP contribution in [0.5, 0.6) is 11.6 Å². The fourth-order valence-electron chi connectivity index (χ4n) is 4.07. The van der Waals surface area contributed by atoms with Crippen LogP contribution in [0.3, 0.4) is 0 Å². The molecule has 0 aliphatic carbocycles. The van der Waals surface area contributed by atoms with Crippen molar-refractivity contribution in [3.63, 3.8) is 0 Å². The van der Waals surface area contributed by atoms with E-state index in [-0.39, 0.29) is 11.5 Å². The van der Waals surface area contributed by atoms with E-state index in [9.17, 15) is 8.78 Å².